The maximum Gasteiger partial charge on any atom is 0.261 e. The molecular formula is C14H12N4O2. The van der Waals surface area contributed by atoms with Crippen molar-refractivity contribution in [2.45, 2.75) is 6.42 Å². The Hall–Kier alpha value is -2.89. The molecular weight excluding hydrogens is 256 g/mol. The van der Waals surface area contributed by atoms with Crippen molar-refractivity contribution in [1.29, 1.82) is 0 Å². The number of benzene rings is 1. The van der Waals surface area contributed by atoms with Crippen LogP contribution in [0.15, 0.2) is 47.2 Å². The second-order valence-electron chi connectivity index (χ2n) is 4.32. The van der Waals surface area contributed by atoms with Gasteiger partial charge in [-0.1, -0.05) is 5.16 Å². The number of pyridine rings is 1. The van der Waals surface area contributed by atoms with Gasteiger partial charge < -0.3 is 15.4 Å². The van der Waals surface area contributed by atoms with Crippen LogP contribution in [-0.4, -0.2) is 20.2 Å². The number of hydrogen-bond donors (Lipinski definition) is 2. The van der Waals surface area contributed by atoms with Crippen molar-refractivity contribution in [3.63, 3.8) is 0 Å². The first-order valence-corrected chi connectivity index (χ1v) is 6.03. The van der Waals surface area contributed by atoms with E-state index >= 15 is 0 Å². The molecule has 0 unspecified atom stereocenters. The number of aromatic nitrogens is 3. The van der Waals surface area contributed by atoms with E-state index in [0.29, 0.717) is 23.5 Å². The van der Waals surface area contributed by atoms with Crippen molar-refractivity contribution in [2.75, 3.05) is 5.73 Å². The molecule has 2 heterocycles. The van der Waals surface area contributed by atoms with Crippen LogP contribution in [0.25, 0.3) is 11.5 Å². The number of aromatic hydroxyl groups is 1. The van der Waals surface area contributed by atoms with E-state index in [1.165, 1.54) is 6.07 Å². The number of phenolic OH excluding ortho intramolecular Hbond substituents is 1. The second kappa shape index (κ2) is 5.00. The normalized spacial score (nSPS) is 10.6. The molecule has 0 fully saturated rings. The molecule has 0 amide bonds. The molecule has 6 heteroatoms. The zero-order chi connectivity index (χ0) is 13.9. The highest BCUT2D eigenvalue weighted by molar-refractivity contribution is 5.66. The number of hydrogen-bond acceptors (Lipinski definition) is 6. The Morgan fingerprint density at radius 2 is 1.95 bits per heavy atom. The lowest BCUT2D eigenvalue weighted by Crippen LogP contribution is -1.91. The molecule has 0 atom stereocenters. The van der Waals surface area contributed by atoms with Crippen LogP contribution in [0.5, 0.6) is 5.75 Å². The Bertz CT molecular complexity index is 725. The molecule has 2 aromatic heterocycles. The molecule has 20 heavy (non-hydrogen) atoms. The number of phenols is 1. The first-order chi connectivity index (χ1) is 9.72. The Kier molecular flexibility index (Phi) is 3.04. The second-order valence-corrected chi connectivity index (χ2v) is 4.32. The third-order valence-electron chi connectivity index (χ3n) is 2.83. The van der Waals surface area contributed by atoms with Gasteiger partial charge in [-0.2, -0.15) is 4.98 Å². The minimum atomic E-state index is 0.0177. The van der Waals surface area contributed by atoms with E-state index in [9.17, 15) is 5.11 Å². The van der Waals surface area contributed by atoms with Crippen molar-refractivity contribution in [1.82, 2.24) is 15.1 Å². The van der Waals surface area contributed by atoms with E-state index < -0.39 is 0 Å². The lowest BCUT2D eigenvalue weighted by Gasteiger charge is -1.99. The molecule has 6 nitrogen and oxygen atoms in total. The molecule has 3 rings (SSSR count). The Balaban J connectivity index is 1.87. The van der Waals surface area contributed by atoms with E-state index in [2.05, 4.69) is 15.1 Å². The first kappa shape index (κ1) is 12.2. The number of nitrogens with zero attached hydrogens (tertiary/aromatic N) is 3. The van der Waals surface area contributed by atoms with Gasteiger partial charge in [0.05, 0.1) is 5.56 Å². The van der Waals surface area contributed by atoms with Crippen LogP contribution in [0.3, 0.4) is 0 Å². The largest absolute Gasteiger partial charge is 0.507 e. The smallest absolute Gasteiger partial charge is 0.261 e. The van der Waals surface area contributed by atoms with Gasteiger partial charge in [-0.3, -0.25) is 4.98 Å². The van der Waals surface area contributed by atoms with Gasteiger partial charge in [0, 0.05) is 30.6 Å². The van der Waals surface area contributed by atoms with Gasteiger partial charge in [-0.25, -0.2) is 0 Å². The highest BCUT2D eigenvalue weighted by Crippen LogP contribution is 2.29. The van der Waals surface area contributed by atoms with E-state index in [4.69, 9.17) is 10.3 Å². The summed E-state index contributed by atoms with van der Waals surface area (Å²) >= 11 is 0. The highest BCUT2D eigenvalue weighted by atomic mass is 16.5. The van der Waals surface area contributed by atoms with Crippen LogP contribution in [0.1, 0.15) is 11.4 Å². The minimum Gasteiger partial charge on any atom is -0.507 e. The van der Waals surface area contributed by atoms with Gasteiger partial charge in [-0.15, -0.1) is 0 Å². The van der Waals surface area contributed by atoms with Gasteiger partial charge in [-0.05, 0) is 29.8 Å². The number of rotatable bonds is 3. The van der Waals surface area contributed by atoms with E-state index in [0.717, 1.165) is 5.56 Å². The lowest BCUT2D eigenvalue weighted by molar-refractivity contribution is 0.418. The number of nitrogens with two attached hydrogens (primary N) is 1. The van der Waals surface area contributed by atoms with Crippen molar-refractivity contribution >= 4 is 5.69 Å². The fourth-order valence-electron chi connectivity index (χ4n) is 1.85. The summed E-state index contributed by atoms with van der Waals surface area (Å²) in [5.41, 5.74) is 7.56. The molecule has 0 aliphatic carbocycles. The van der Waals surface area contributed by atoms with E-state index in [-0.39, 0.29) is 11.6 Å². The summed E-state index contributed by atoms with van der Waals surface area (Å²) in [5, 5.41) is 13.7. The van der Waals surface area contributed by atoms with Gasteiger partial charge in [0.2, 0.25) is 0 Å². The summed E-state index contributed by atoms with van der Waals surface area (Å²) in [6.07, 6.45) is 3.96. The topological polar surface area (TPSA) is 98.1 Å². The van der Waals surface area contributed by atoms with Crippen molar-refractivity contribution < 1.29 is 9.63 Å². The number of nitrogen functional groups attached to an aromatic ring is 1. The third kappa shape index (κ3) is 2.44. The Labute approximate surface area is 114 Å². The minimum absolute atomic E-state index is 0.0177. The van der Waals surface area contributed by atoms with E-state index in [1.807, 2.05) is 12.1 Å². The average Bonchev–Trinajstić information content (AvgIpc) is 2.88. The molecule has 0 bridgehead atoms. The molecule has 0 aliphatic rings. The molecule has 0 aliphatic heterocycles. The molecule has 3 aromatic rings. The van der Waals surface area contributed by atoms with Gasteiger partial charge in [0.25, 0.3) is 5.89 Å². The number of anilines is 1. The lowest BCUT2D eigenvalue weighted by atomic mass is 10.1. The van der Waals surface area contributed by atoms with Gasteiger partial charge >= 0.3 is 0 Å². The molecule has 0 saturated heterocycles. The van der Waals surface area contributed by atoms with E-state index in [1.54, 1.807) is 24.5 Å². The van der Waals surface area contributed by atoms with Crippen LogP contribution in [-0.2, 0) is 6.42 Å². The molecule has 0 radical (unpaired) electrons. The van der Waals surface area contributed by atoms with Crippen LogP contribution in [0.2, 0.25) is 0 Å². The van der Waals surface area contributed by atoms with Gasteiger partial charge in [0.15, 0.2) is 5.82 Å². The summed E-state index contributed by atoms with van der Waals surface area (Å²) in [4.78, 5) is 8.22. The Morgan fingerprint density at radius 1 is 1.15 bits per heavy atom. The highest BCUT2D eigenvalue weighted by Gasteiger charge is 2.13. The fraction of sp³-hybridized carbons (Fsp3) is 0.0714. The summed E-state index contributed by atoms with van der Waals surface area (Å²) in [6.45, 7) is 0. The Morgan fingerprint density at radius 3 is 2.70 bits per heavy atom. The zero-order valence-corrected chi connectivity index (χ0v) is 10.5. The molecule has 0 spiro atoms. The maximum atomic E-state index is 9.83. The quantitative estimate of drug-likeness (QED) is 0.705. The predicted octanol–water partition coefficient (Wildman–Crippen LogP) is 2.01. The van der Waals surface area contributed by atoms with Crippen molar-refractivity contribution in [2.24, 2.45) is 0 Å². The molecule has 3 N–H and O–H groups in total. The van der Waals surface area contributed by atoms with Crippen LogP contribution >= 0.6 is 0 Å². The van der Waals surface area contributed by atoms with Crippen LogP contribution in [0, 0.1) is 0 Å². The SMILES string of the molecule is Nc1ccc(-c2nc(Cc3ccncc3)no2)c(O)c1. The average molecular weight is 268 g/mol. The van der Waals surface area contributed by atoms with Crippen molar-refractivity contribution in [3.8, 4) is 17.2 Å². The molecule has 1 aromatic carbocycles. The fourth-order valence-corrected chi connectivity index (χ4v) is 1.85. The standard InChI is InChI=1S/C14H12N4O2/c15-10-1-2-11(12(19)8-10)14-17-13(18-20-14)7-9-3-5-16-6-4-9/h1-6,8,19H,7,15H2. The molecule has 100 valence electrons. The molecule has 0 saturated carbocycles. The first-order valence-electron chi connectivity index (χ1n) is 6.03. The summed E-state index contributed by atoms with van der Waals surface area (Å²) < 4.78 is 5.17. The summed E-state index contributed by atoms with van der Waals surface area (Å²) in [5.74, 6) is 0.832. The van der Waals surface area contributed by atoms with Crippen LogP contribution < -0.4 is 5.73 Å². The van der Waals surface area contributed by atoms with Gasteiger partial charge in [0.1, 0.15) is 5.75 Å². The predicted molar refractivity (Wildman–Crippen MR) is 72.9 cm³/mol. The van der Waals surface area contributed by atoms with Crippen molar-refractivity contribution in [3.05, 3.63) is 54.1 Å². The third-order valence-corrected chi connectivity index (χ3v) is 2.83. The van der Waals surface area contributed by atoms with Crippen LogP contribution in [0.4, 0.5) is 5.69 Å². The summed E-state index contributed by atoms with van der Waals surface area (Å²) in [6, 6.07) is 8.53. The summed E-state index contributed by atoms with van der Waals surface area (Å²) in [7, 11) is 0. The monoisotopic (exact) mass is 268 g/mol. The maximum absolute atomic E-state index is 9.83. The zero-order valence-electron chi connectivity index (χ0n) is 10.5.